The predicted molar refractivity (Wildman–Crippen MR) is 94.9 cm³/mol. The van der Waals surface area contributed by atoms with Gasteiger partial charge in [0.15, 0.2) is 21.0 Å². The van der Waals surface area contributed by atoms with Crippen LogP contribution in [0.15, 0.2) is 18.2 Å². The summed E-state index contributed by atoms with van der Waals surface area (Å²) in [6, 6.07) is 2.29. The number of hydrogen-bond donors (Lipinski definition) is 0. The van der Waals surface area contributed by atoms with Gasteiger partial charge in [-0.25, -0.2) is 8.78 Å². The van der Waals surface area contributed by atoms with Crippen molar-refractivity contribution < 1.29 is 84.1 Å². The number of benzene rings is 1. The van der Waals surface area contributed by atoms with Crippen LogP contribution in [-0.4, -0.2) is 70.0 Å². The van der Waals surface area contributed by atoms with Gasteiger partial charge in [-0.1, -0.05) is 12.1 Å². The van der Waals surface area contributed by atoms with E-state index >= 15 is 0 Å². The molecule has 0 unspecified atom stereocenters. The number of halogens is 17. The van der Waals surface area contributed by atoms with E-state index in [1.54, 1.807) is 0 Å². The minimum Gasteiger partial charge on any atom is -0.490 e. The van der Waals surface area contributed by atoms with Crippen LogP contribution in [0, 0.1) is 0 Å². The van der Waals surface area contributed by atoms with E-state index in [9.17, 15) is 74.6 Å². The molecule has 0 amide bonds. The van der Waals surface area contributed by atoms with Gasteiger partial charge in [-0.05, 0) is 25.1 Å². The molecule has 0 saturated carbocycles. The Kier molecular flexibility index (Phi) is 9.01. The average molecular weight is 612 g/mol. The quantitative estimate of drug-likeness (QED) is 0.192. The maximum absolute atomic E-state index is 14.4. The van der Waals surface area contributed by atoms with Crippen molar-refractivity contribution in [1.29, 1.82) is 0 Å². The zero-order chi connectivity index (χ0) is 30.4. The minimum absolute atomic E-state index is 0.213. The Labute approximate surface area is 203 Å². The molecular weight excluding hydrogens is 599 g/mol. The minimum atomic E-state index is -8.66. The van der Waals surface area contributed by atoms with Gasteiger partial charge in [0.05, 0.1) is 13.2 Å². The van der Waals surface area contributed by atoms with Gasteiger partial charge in [-0.15, -0.1) is 0 Å². The highest BCUT2D eigenvalue weighted by Crippen LogP contribution is 2.63. The highest BCUT2D eigenvalue weighted by molar-refractivity contribution is 6.57. The van der Waals surface area contributed by atoms with E-state index in [1.165, 1.54) is 13.8 Å². The van der Waals surface area contributed by atoms with E-state index < -0.39 is 80.1 Å². The van der Waals surface area contributed by atoms with Crippen molar-refractivity contribution in [2.75, 3.05) is 13.2 Å². The molecule has 0 bridgehead atoms. The first kappa shape index (κ1) is 33.9. The van der Waals surface area contributed by atoms with Crippen LogP contribution in [0.25, 0.3) is 0 Å². The topological polar surface area (TPSA) is 18.5 Å². The predicted octanol–water partition coefficient (Wildman–Crippen LogP) is 6.78. The lowest BCUT2D eigenvalue weighted by Crippen LogP contribution is -2.75. The highest BCUT2D eigenvalue weighted by atomic mass is 28.2. The summed E-state index contributed by atoms with van der Waals surface area (Å²) < 4.78 is 238. The van der Waals surface area contributed by atoms with E-state index in [-0.39, 0.29) is 6.61 Å². The standard InChI is InChI=1S/C18H13F17O2Si/c1-3-36-8-6-5-7-9(10(8)37-4-2)38-18(34,35)16(29,30)14(25,26)12(21,22)11(19,20)13(23,24)15(27,28)17(31,32)33/h5-7H,3-4H2,1-2H3. The summed E-state index contributed by atoms with van der Waals surface area (Å²) in [6.07, 6.45) is -7.79. The molecule has 2 nitrogen and oxygen atoms in total. The summed E-state index contributed by atoms with van der Waals surface area (Å²) >= 11 is 0. The Morgan fingerprint density at radius 3 is 1.34 bits per heavy atom. The molecule has 0 aromatic heterocycles. The van der Waals surface area contributed by atoms with Gasteiger partial charge < -0.3 is 9.47 Å². The Morgan fingerprint density at radius 2 is 0.947 bits per heavy atom. The molecule has 2 radical (unpaired) electrons. The first-order valence-electron chi connectivity index (χ1n) is 9.61. The molecular formula is C18H13F17O2Si. The molecule has 0 fully saturated rings. The number of ether oxygens (including phenoxy) is 2. The van der Waals surface area contributed by atoms with Gasteiger partial charge in [0.1, 0.15) is 0 Å². The molecule has 0 heterocycles. The van der Waals surface area contributed by atoms with Crippen LogP contribution >= 0.6 is 0 Å². The monoisotopic (exact) mass is 612 g/mol. The van der Waals surface area contributed by atoms with E-state index in [4.69, 9.17) is 9.47 Å². The fraction of sp³-hybridized carbons (Fsp3) is 0.667. The highest BCUT2D eigenvalue weighted by Gasteiger charge is 2.95. The van der Waals surface area contributed by atoms with Crippen LogP contribution in [0.5, 0.6) is 11.5 Å². The van der Waals surface area contributed by atoms with Crippen molar-refractivity contribution in [3.05, 3.63) is 18.2 Å². The van der Waals surface area contributed by atoms with E-state index in [0.717, 1.165) is 12.1 Å². The molecule has 0 spiro atoms. The van der Waals surface area contributed by atoms with Gasteiger partial charge in [0, 0.05) is 0 Å². The zero-order valence-corrected chi connectivity index (χ0v) is 19.4. The van der Waals surface area contributed by atoms with Gasteiger partial charge in [-0.3, -0.25) is 0 Å². The van der Waals surface area contributed by atoms with Crippen LogP contribution in [0.3, 0.4) is 0 Å². The van der Waals surface area contributed by atoms with Crippen molar-refractivity contribution in [1.82, 2.24) is 0 Å². The number of rotatable bonds is 12. The number of hydrogen-bond acceptors (Lipinski definition) is 2. The fourth-order valence-corrected chi connectivity index (χ4v) is 3.73. The molecule has 0 atom stereocenters. The van der Waals surface area contributed by atoms with Crippen LogP contribution in [0.2, 0.25) is 0 Å². The van der Waals surface area contributed by atoms with Crippen molar-refractivity contribution in [2.24, 2.45) is 0 Å². The van der Waals surface area contributed by atoms with E-state index in [2.05, 4.69) is 0 Å². The lowest BCUT2D eigenvalue weighted by molar-refractivity contribution is -0.458. The van der Waals surface area contributed by atoms with Gasteiger partial charge in [-0.2, -0.15) is 65.9 Å². The third kappa shape index (κ3) is 4.96. The second-order valence-corrected chi connectivity index (χ2v) is 8.56. The molecule has 0 aliphatic carbocycles. The fourth-order valence-electron chi connectivity index (χ4n) is 2.59. The summed E-state index contributed by atoms with van der Waals surface area (Å²) in [5.74, 6) is -51.4. The van der Waals surface area contributed by atoms with Crippen molar-refractivity contribution in [2.45, 2.75) is 61.1 Å². The molecule has 1 aromatic rings. The second-order valence-electron chi connectivity index (χ2n) is 7.14. The summed E-state index contributed by atoms with van der Waals surface area (Å²) in [4.78, 5) is 0. The van der Waals surface area contributed by atoms with Crippen molar-refractivity contribution >= 4 is 14.7 Å². The normalized spacial score (nSPS) is 15.0. The lowest BCUT2D eigenvalue weighted by Gasteiger charge is -2.42. The molecule has 38 heavy (non-hydrogen) atoms. The van der Waals surface area contributed by atoms with Crippen molar-refractivity contribution in [3.8, 4) is 11.5 Å². The third-order valence-corrected chi connectivity index (χ3v) is 5.87. The summed E-state index contributed by atoms with van der Waals surface area (Å²) in [6.45, 7) is 1.91. The second kappa shape index (κ2) is 10.1. The van der Waals surface area contributed by atoms with Gasteiger partial charge in [0.2, 0.25) is 0 Å². The van der Waals surface area contributed by atoms with Crippen molar-refractivity contribution in [3.63, 3.8) is 0 Å². The molecule has 20 heteroatoms. The molecule has 1 rings (SSSR count). The molecule has 1 aromatic carbocycles. The first-order chi connectivity index (χ1) is 16.7. The summed E-state index contributed by atoms with van der Waals surface area (Å²) in [5.41, 5.74) is -6.53. The molecule has 0 aliphatic heterocycles. The lowest BCUT2D eigenvalue weighted by atomic mass is 9.91. The Bertz CT molecular complexity index is 974. The Balaban J connectivity index is 3.67. The smallest absolute Gasteiger partial charge is 0.460 e. The third-order valence-electron chi connectivity index (χ3n) is 4.58. The average Bonchev–Trinajstić information content (AvgIpc) is 2.74. The van der Waals surface area contributed by atoms with Crippen LogP contribution in [0.4, 0.5) is 74.6 Å². The molecule has 0 N–H and O–H groups in total. The SMILES string of the molecule is CCOc1cccc([Si]C(F)(F)C(F)(F)C(F)(F)C(F)(F)C(F)(F)C(F)(F)C(F)(F)C(F)(F)F)c1OCC. The Hall–Kier alpha value is -2.15. The Morgan fingerprint density at radius 1 is 0.553 bits per heavy atom. The van der Waals surface area contributed by atoms with Crippen LogP contribution in [-0.2, 0) is 0 Å². The van der Waals surface area contributed by atoms with E-state index in [1.807, 2.05) is 0 Å². The van der Waals surface area contributed by atoms with Crippen LogP contribution in [0.1, 0.15) is 13.8 Å². The maximum atomic E-state index is 14.4. The summed E-state index contributed by atoms with van der Waals surface area (Å²) in [7, 11) is -3.07. The van der Waals surface area contributed by atoms with Crippen LogP contribution < -0.4 is 14.7 Å². The molecule has 0 saturated heterocycles. The molecule has 220 valence electrons. The van der Waals surface area contributed by atoms with Gasteiger partial charge >= 0.3 is 41.7 Å². The number of para-hydroxylation sites is 1. The maximum Gasteiger partial charge on any atom is 0.460 e. The largest absolute Gasteiger partial charge is 0.490 e. The molecule has 0 aliphatic rings. The summed E-state index contributed by atoms with van der Waals surface area (Å²) in [5, 5.41) is -1.15. The zero-order valence-electron chi connectivity index (χ0n) is 18.4. The van der Waals surface area contributed by atoms with Gasteiger partial charge in [0.25, 0.3) is 5.55 Å². The first-order valence-corrected chi connectivity index (χ1v) is 10.6. The van der Waals surface area contributed by atoms with E-state index in [0.29, 0.717) is 6.07 Å². The number of alkyl halides is 17.